The van der Waals surface area contributed by atoms with Crippen molar-refractivity contribution in [1.29, 1.82) is 0 Å². The molecule has 0 spiro atoms. The fourth-order valence-electron chi connectivity index (χ4n) is 2.57. The normalized spacial score (nSPS) is 11.4. The van der Waals surface area contributed by atoms with E-state index in [0.29, 0.717) is 5.56 Å². The van der Waals surface area contributed by atoms with Gasteiger partial charge in [-0.3, -0.25) is 9.59 Å². The Morgan fingerprint density at radius 1 is 0.964 bits per heavy atom. The molecule has 0 saturated heterocycles. The highest BCUT2D eigenvalue weighted by molar-refractivity contribution is 5.96. The van der Waals surface area contributed by atoms with Crippen LogP contribution >= 0.6 is 0 Å². The molecule has 0 bridgehead atoms. The lowest BCUT2D eigenvalue weighted by Crippen LogP contribution is -2.35. The quantitative estimate of drug-likeness (QED) is 0.656. The van der Waals surface area contributed by atoms with Crippen LogP contribution in [0.1, 0.15) is 27.5 Å². The van der Waals surface area contributed by atoms with Crippen LogP contribution in [0, 0.1) is 0 Å². The highest BCUT2D eigenvalue weighted by Gasteiger charge is 2.22. The third kappa shape index (κ3) is 4.64. The number of aromatic nitrogens is 1. The summed E-state index contributed by atoms with van der Waals surface area (Å²) in [4.78, 5) is 41.5. The van der Waals surface area contributed by atoms with E-state index in [1.54, 1.807) is 30.3 Å². The zero-order valence-corrected chi connectivity index (χ0v) is 14.8. The number of carboxylic acids is 1. The smallest absolute Gasteiger partial charge is 0.330 e. The zero-order valence-electron chi connectivity index (χ0n) is 14.8. The molecule has 0 aliphatic carbocycles. The number of nitrogens with zero attached hydrogens (tertiary/aromatic N) is 1. The number of pyridine rings is 1. The number of nitrogens with one attached hydrogen (secondary N) is 1. The van der Waals surface area contributed by atoms with Gasteiger partial charge >= 0.3 is 5.97 Å². The minimum absolute atomic E-state index is 0.106. The van der Waals surface area contributed by atoms with Crippen molar-refractivity contribution in [2.24, 2.45) is 0 Å². The second-order valence-electron chi connectivity index (χ2n) is 6.00. The lowest BCUT2D eigenvalue weighted by Gasteiger charge is -2.15. The molecule has 3 aromatic rings. The SMILES string of the molecule is O=C(NC(C(=O)O)c1ccccc1)c1ccc(=O)n(OCc2ccccc2)c1. The number of hydrogen-bond donors (Lipinski definition) is 2. The number of benzene rings is 2. The van der Waals surface area contributed by atoms with E-state index in [0.717, 1.165) is 10.3 Å². The standard InChI is InChI=1S/C21H18N2O5/c24-18-12-11-17(13-23(18)28-14-15-7-3-1-4-8-15)20(25)22-19(21(26)27)16-9-5-2-6-10-16/h1-13,19H,14H2,(H,22,25)(H,26,27). The molecule has 2 aromatic carbocycles. The first-order valence-electron chi connectivity index (χ1n) is 8.53. The van der Waals surface area contributed by atoms with Crippen molar-refractivity contribution >= 4 is 11.9 Å². The molecule has 1 atom stereocenters. The summed E-state index contributed by atoms with van der Waals surface area (Å²) in [7, 11) is 0. The minimum atomic E-state index is -1.21. The average molecular weight is 378 g/mol. The van der Waals surface area contributed by atoms with Gasteiger partial charge in [0.2, 0.25) is 0 Å². The van der Waals surface area contributed by atoms with Gasteiger partial charge in [0.1, 0.15) is 6.61 Å². The topological polar surface area (TPSA) is 97.6 Å². The molecule has 7 heteroatoms. The monoisotopic (exact) mass is 378 g/mol. The van der Waals surface area contributed by atoms with Crippen molar-refractivity contribution in [2.45, 2.75) is 12.6 Å². The molecule has 2 N–H and O–H groups in total. The summed E-state index contributed by atoms with van der Waals surface area (Å²) in [6.07, 6.45) is 1.24. The van der Waals surface area contributed by atoms with E-state index in [9.17, 15) is 19.5 Å². The Morgan fingerprint density at radius 3 is 2.25 bits per heavy atom. The first-order chi connectivity index (χ1) is 13.5. The van der Waals surface area contributed by atoms with Crippen molar-refractivity contribution in [3.05, 3.63) is 106 Å². The maximum Gasteiger partial charge on any atom is 0.330 e. The zero-order chi connectivity index (χ0) is 19.9. The molecular weight excluding hydrogens is 360 g/mol. The first-order valence-corrected chi connectivity index (χ1v) is 8.53. The lowest BCUT2D eigenvalue weighted by atomic mass is 10.1. The summed E-state index contributed by atoms with van der Waals surface area (Å²) in [5.74, 6) is -1.82. The Bertz CT molecular complexity index is 1020. The van der Waals surface area contributed by atoms with Gasteiger partial charge in [-0.05, 0) is 17.2 Å². The number of hydrogen-bond acceptors (Lipinski definition) is 4. The van der Waals surface area contributed by atoms with Crippen LogP contribution in [0.15, 0.2) is 83.8 Å². The van der Waals surface area contributed by atoms with Gasteiger partial charge in [0.25, 0.3) is 11.5 Å². The van der Waals surface area contributed by atoms with Crippen LogP contribution in [0.4, 0.5) is 0 Å². The molecule has 0 aliphatic heterocycles. The highest BCUT2D eigenvalue weighted by Crippen LogP contribution is 2.13. The van der Waals surface area contributed by atoms with Crippen LogP contribution in [0.5, 0.6) is 0 Å². The number of amides is 1. The van der Waals surface area contributed by atoms with Crippen LogP contribution in [0.3, 0.4) is 0 Å². The number of carbonyl (C=O) groups excluding carboxylic acids is 1. The third-order valence-corrected chi connectivity index (χ3v) is 4.01. The fourth-order valence-corrected chi connectivity index (χ4v) is 2.57. The van der Waals surface area contributed by atoms with E-state index >= 15 is 0 Å². The predicted molar refractivity (Wildman–Crippen MR) is 102 cm³/mol. The number of aliphatic carboxylic acids is 1. The molecule has 0 fully saturated rings. The summed E-state index contributed by atoms with van der Waals surface area (Å²) in [6, 6.07) is 18.9. The molecule has 7 nitrogen and oxygen atoms in total. The summed E-state index contributed by atoms with van der Waals surface area (Å²) in [5.41, 5.74) is 0.969. The van der Waals surface area contributed by atoms with Crippen LogP contribution in [-0.2, 0) is 11.4 Å². The molecule has 1 aromatic heterocycles. The molecule has 0 aliphatic rings. The maximum atomic E-state index is 12.5. The fraction of sp³-hybridized carbons (Fsp3) is 0.0952. The van der Waals surface area contributed by atoms with Gasteiger partial charge in [0.15, 0.2) is 6.04 Å². The van der Waals surface area contributed by atoms with Crippen LogP contribution in [0.2, 0.25) is 0 Å². The molecule has 142 valence electrons. The van der Waals surface area contributed by atoms with E-state index in [-0.39, 0.29) is 12.2 Å². The molecular formula is C21H18N2O5. The van der Waals surface area contributed by atoms with E-state index in [1.807, 2.05) is 30.3 Å². The molecule has 3 rings (SSSR count). The second-order valence-corrected chi connectivity index (χ2v) is 6.00. The number of carboxylic acid groups (broad SMARTS) is 1. The molecule has 0 radical (unpaired) electrons. The van der Waals surface area contributed by atoms with Gasteiger partial charge in [0, 0.05) is 6.07 Å². The van der Waals surface area contributed by atoms with Gasteiger partial charge in [-0.1, -0.05) is 60.7 Å². The Kier molecular flexibility index (Phi) is 5.86. The minimum Gasteiger partial charge on any atom is -0.479 e. The Labute approximate surface area is 160 Å². The second kappa shape index (κ2) is 8.68. The van der Waals surface area contributed by atoms with Crippen LogP contribution < -0.4 is 15.7 Å². The van der Waals surface area contributed by atoms with Crippen molar-refractivity contribution in [2.75, 3.05) is 0 Å². The summed E-state index contributed by atoms with van der Waals surface area (Å²) >= 11 is 0. The molecule has 1 heterocycles. The number of rotatable bonds is 7. The van der Waals surface area contributed by atoms with E-state index in [2.05, 4.69) is 5.32 Å². The third-order valence-electron chi connectivity index (χ3n) is 4.01. The van der Waals surface area contributed by atoms with Gasteiger partial charge in [0.05, 0.1) is 11.8 Å². The van der Waals surface area contributed by atoms with Crippen molar-refractivity contribution in [1.82, 2.24) is 10.0 Å². The van der Waals surface area contributed by atoms with E-state index in [1.165, 1.54) is 18.3 Å². The van der Waals surface area contributed by atoms with Gasteiger partial charge in [-0.25, -0.2) is 4.79 Å². The van der Waals surface area contributed by atoms with Crippen molar-refractivity contribution < 1.29 is 19.5 Å². The van der Waals surface area contributed by atoms with Crippen molar-refractivity contribution in [3.8, 4) is 0 Å². The molecule has 0 saturated carbocycles. The predicted octanol–water partition coefficient (Wildman–Crippen LogP) is 2.03. The summed E-state index contributed by atoms with van der Waals surface area (Å²) in [6.45, 7) is 0.146. The molecule has 1 unspecified atom stereocenters. The van der Waals surface area contributed by atoms with Gasteiger partial charge in [-0.15, -0.1) is 0 Å². The summed E-state index contributed by atoms with van der Waals surface area (Å²) < 4.78 is 0.959. The Hall–Kier alpha value is -3.87. The lowest BCUT2D eigenvalue weighted by molar-refractivity contribution is -0.139. The largest absolute Gasteiger partial charge is 0.479 e. The Balaban J connectivity index is 1.76. The van der Waals surface area contributed by atoms with Crippen molar-refractivity contribution in [3.63, 3.8) is 0 Å². The first kappa shape index (κ1) is 18.9. The van der Waals surface area contributed by atoms with Crippen LogP contribution in [0.25, 0.3) is 0 Å². The number of carbonyl (C=O) groups is 2. The van der Waals surface area contributed by atoms with Gasteiger partial charge in [-0.2, -0.15) is 4.73 Å². The average Bonchev–Trinajstić information content (AvgIpc) is 2.72. The maximum absolute atomic E-state index is 12.5. The van der Waals surface area contributed by atoms with E-state index < -0.39 is 23.5 Å². The van der Waals surface area contributed by atoms with Gasteiger partial charge < -0.3 is 15.3 Å². The highest BCUT2D eigenvalue weighted by atomic mass is 16.7. The molecule has 1 amide bonds. The van der Waals surface area contributed by atoms with E-state index in [4.69, 9.17) is 4.84 Å². The summed E-state index contributed by atoms with van der Waals surface area (Å²) in [5, 5.41) is 11.9. The van der Waals surface area contributed by atoms with Crippen LogP contribution in [-0.4, -0.2) is 21.7 Å². The molecule has 28 heavy (non-hydrogen) atoms. The Morgan fingerprint density at radius 2 is 1.61 bits per heavy atom.